The molecule has 1 unspecified atom stereocenters. The summed E-state index contributed by atoms with van der Waals surface area (Å²) in [5.74, 6) is 1.63. The molecule has 18 heavy (non-hydrogen) atoms. The van der Waals surface area contributed by atoms with Crippen molar-refractivity contribution in [2.45, 2.75) is 19.3 Å². The number of pyridine rings is 1. The molecule has 4 nitrogen and oxygen atoms in total. The topological polar surface area (TPSA) is 37.6 Å². The zero-order valence-electron chi connectivity index (χ0n) is 10.5. The molecule has 0 aromatic carbocycles. The molecule has 2 aromatic heterocycles. The highest BCUT2D eigenvalue weighted by molar-refractivity contribution is 5.77. The first-order valence-electron chi connectivity index (χ1n) is 6.46. The van der Waals surface area contributed by atoms with Crippen LogP contribution >= 0.6 is 0 Å². The number of aldehydes is 1. The monoisotopic (exact) mass is 243 g/mol. The van der Waals surface area contributed by atoms with Crippen molar-refractivity contribution in [1.29, 1.82) is 0 Å². The molecule has 4 heteroatoms. The molecule has 3 rings (SSSR count). The molecule has 1 aliphatic heterocycles. The summed E-state index contributed by atoms with van der Waals surface area (Å²) in [5.41, 5.74) is 1.71. The van der Waals surface area contributed by atoms with Crippen LogP contribution in [0.2, 0.25) is 0 Å². The SMILES string of the molecule is CCN1CCC(c2ncc3cc(C=O)ccn23)C1. The van der Waals surface area contributed by atoms with Gasteiger partial charge >= 0.3 is 0 Å². The van der Waals surface area contributed by atoms with Crippen LogP contribution < -0.4 is 0 Å². The Balaban J connectivity index is 1.96. The van der Waals surface area contributed by atoms with Gasteiger partial charge in [0, 0.05) is 24.2 Å². The van der Waals surface area contributed by atoms with Crippen LogP contribution in [0, 0.1) is 0 Å². The molecule has 0 N–H and O–H groups in total. The van der Waals surface area contributed by atoms with E-state index in [1.807, 2.05) is 24.5 Å². The molecule has 1 fully saturated rings. The number of aromatic nitrogens is 2. The van der Waals surface area contributed by atoms with Gasteiger partial charge in [0.05, 0.1) is 11.7 Å². The molecule has 3 heterocycles. The number of likely N-dealkylation sites (tertiary alicyclic amines) is 1. The Morgan fingerprint density at radius 1 is 1.56 bits per heavy atom. The first-order valence-corrected chi connectivity index (χ1v) is 6.46. The van der Waals surface area contributed by atoms with Crippen LogP contribution in [0.15, 0.2) is 24.5 Å². The summed E-state index contributed by atoms with van der Waals surface area (Å²) in [5, 5.41) is 0. The van der Waals surface area contributed by atoms with Crippen molar-refractivity contribution in [3.05, 3.63) is 35.9 Å². The second-order valence-electron chi connectivity index (χ2n) is 4.87. The Bertz CT molecular complexity index is 575. The lowest BCUT2D eigenvalue weighted by Crippen LogP contribution is -2.19. The minimum atomic E-state index is 0.509. The number of hydrogen-bond acceptors (Lipinski definition) is 3. The second-order valence-corrected chi connectivity index (χ2v) is 4.87. The Labute approximate surface area is 106 Å². The van der Waals surface area contributed by atoms with Crippen molar-refractivity contribution in [3.63, 3.8) is 0 Å². The molecule has 0 spiro atoms. The number of imidazole rings is 1. The molecule has 0 amide bonds. The van der Waals surface area contributed by atoms with Gasteiger partial charge in [-0.25, -0.2) is 4.98 Å². The Morgan fingerprint density at radius 2 is 2.44 bits per heavy atom. The van der Waals surface area contributed by atoms with Gasteiger partial charge in [-0.3, -0.25) is 4.79 Å². The largest absolute Gasteiger partial charge is 0.303 e. The van der Waals surface area contributed by atoms with Crippen molar-refractivity contribution >= 4 is 11.8 Å². The highest BCUT2D eigenvalue weighted by Crippen LogP contribution is 2.26. The van der Waals surface area contributed by atoms with Gasteiger partial charge in [0.2, 0.25) is 0 Å². The third kappa shape index (κ3) is 1.82. The summed E-state index contributed by atoms with van der Waals surface area (Å²) in [6, 6.07) is 3.73. The average Bonchev–Trinajstić information content (AvgIpc) is 3.03. The molecule has 0 radical (unpaired) electrons. The van der Waals surface area contributed by atoms with Gasteiger partial charge < -0.3 is 9.30 Å². The van der Waals surface area contributed by atoms with Crippen molar-refractivity contribution in [1.82, 2.24) is 14.3 Å². The summed E-state index contributed by atoms with van der Waals surface area (Å²) >= 11 is 0. The fourth-order valence-electron chi connectivity index (χ4n) is 2.74. The predicted molar refractivity (Wildman–Crippen MR) is 70.1 cm³/mol. The normalized spacial score (nSPS) is 20.6. The summed E-state index contributed by atoms with van der Waals surface area (Å²) in [4.78, 5) is 17.8. The average molecular weight is 243 g/mol. The van der Waals surface area contributed by atoms with Gasteiger partial charge in [-0.05, 0) is 31.6 Å². The van der Waals surface area contributed by atoms with Crippen molar-refractivity contribution in [2.75, 3.05) is 19.6 Å². The van der Waals surface area contributed by atoms with E-state index in [2.05, 4.69) is 21.2 Å². The quantitative estimate of drug-likeness (QED) is 0.773. The number of nitrogens with zero attached hydrogens (tertiary/aromatic N) is 3. The van der Waals surface area contributed by atoms with Gasteiger partial charge in [0.15, 0.2) is 0 Å². The number of carbonyl (C=O) groups is 1. The van der Waals surface area contributed by atoms with E-state index in [0.717, 1.165) is 37.3 Å². The minimum absolute atomic E-state index is 0.509. The first-order chi connectivity index (χ1) is 8.81. The van der Waals surface area contributed by atoms with E-state index in [0.29, 0.717) is 11.5 Å². The van der Waals surface area contributed by atoms with Crippen LogP contribution in [0.5, 0.6) is 0 Å². The summed E-state index contributed by atoms with van der Waals surface area (Å²) in [6.45, 7) is 5.55. The van der Waals surface area contributed by atoms with E-state index < -0.39 is 0 Å². The molecule has 1 saturated heterocycles. The first kappa shape index (κ1) is 11.4. The Hall–Kier alpha value is -1.68. The van der Waals surface area contributed by atoms with E-state index in [9.17, 15) is 4.79 Å². The zero-order valence-corrected chi connectivity index (χ0v) is 10.5. The van der Waals surface area contributed by atoms with Crippen LogP contribution in [-0.4, -0.2) is 40.2 Å². The maximum Gasteiger partial charge on any atom is 0.150 e. The van der Waals surface area contributed by atoms with E-state index >= 15 is 0 Å². The van der Waals surface area contributed by atoms with E-state index in [1.54, 1.807) is 0 Å². The lowest BCUT2D eigenvalue weighted by molar-refractivity contribution is 0.112. The summed E-state index contributed by atoms with van der Waals surface area (Å²) in [6.07, 6.45) is 5.86. The fraction of sp³-hybridized carbons (Fsp3) is 0.429. The van der Waals surface area contributed by atoms with Crippen molar-refractivity contribution in [3.8, 4) is 0 Å². The zero-order chi connectivity index (χ0) is 12.5. The standard InChI is InChI=1S/C14H17N3O/c1-2-16-5-4-12(9-16)14-15-8-13-7-11(10-18)3-6-17(13)14/h3,6-8,10,12H,2,4-5,9H2,1H3. The van der Waals surface area contributed by atoms with Gasteiger partial charge in [-0.2, -0.15) is 0 Å². The fourth-order valence-corrected chi connectivity index (χ4v) is 2.74. The summed E-state index contributed by atoms with van der Waals surface area (Å²) < 4.78 is 2.11. The lowest BCUT2D eigenvalue weighted by Gasteiger charge is -2.12. The highest BCUT2D eigenvalue weighted by atomic mass is 16.1. The number of likely N-dealkylation sites (N-methyl/N-ethyl adjacent to an activating group) is 1. The molecular weight excluding hydrogens is 226 g/mol. The summed E-state index contributed by atoms with van der Waals surface area (Å²) in [7, 11) is 0. The number of carbonyl (C=O) groups excluding carboxylic acids is 1. The molecular formula is C14H17N3O. The van der Waals surface area contributed by atoms with E-state index in [-0.39, 0.29) is 0 Å². The van der Waals surface area contributed by atoms with E-state index in [1.165, 1.54) is 6.42 Å². The number of hydrogen-bond donors (Lipinski definition) is 0. The maximum atomic E-state index is 10.8. The molecule has 0 saturated carbocycles. The molecule has 1 atom stereocenters. The van der Waals surface area contributed by atoms with E-state index in [4.69, 9.17) is 0 Å². The maximum absolute atomic E-state index is 10.8. The Morgan fingerprint density at radius 3 is 3.17 bits per heavy atom. The number of rotatable bonds is 3. The Kier molecular flexibility index (Phi) is 2.88. The molecule has 1 aliphatic rings. The molecule has 2 aromatic rings. The third-order valence-corrected chi connectivity index (χ3v) is 3.81. The van der Waals surface area contributed by atoms with Gasteiger partial charge in [-0.1, -0.05) is 6.92 Å². The van der Waals surface area contributed by atoms with Crippen LogP contribution in [0.4, 0.5) is 0 Å². The van der Waals surface area contributed by atoms with Crippen molar-refractivity contribution < 1.29 is 4.79 Å². The third-order valence-electron chi connectivity index (χ3n) is 3.81. The lowest BCUT2D eigenvalue weighted by atomic mass is 10.1. The van der Waals surface area contributed by atoms with Gasteiger partial charge in [-0.15, -0.1) is 0 Å². The van der Waals surface area contributed by atoms with Crippen LogP contribution in [0.1, 0.15) is 35.4 Å². The van der Waals surface area contributed by atoms with Gasteiger partial charge in [0.25, 0.3) is 0 Å². The smallest absolute Gasteiger partial charge is 0.150 e. The highest BCUT2D eigenvalue weighted by Gasteiger charge is 2.25. The molecule has 94 valence electrons. The van der Waals surface area contributed by atoms with Crippen molar-refractivity contribution in [2.24, 2.45) is 0 Å². The van der Waals surface area contributed by atoms with Crippen LogP contribution in [0.3, 0.4) is 0 Å². The molecule has 0 aliphatic carbocycles. The van der Waals surface area contributed by atoms with Crippen LogP contribution in [0.25, 0.3) is 5.52 Å². The van der Waals surface area contributed by atoms with Crippen LogP contribution in [-0.2, 0) is 0 Å². The predicted octanol–water partition coefficient (Wildman–Crippen LogP) is 1.96. The van der Waals surface area contributed by atoms with Gasteiger partial charge in [0.1, 0.15) is 12.1 Å². The minimum Gasteiger partial charge on any atom is -0.303 e. The second kappa shape index (κ2) is 4.53. The number of fused-ring (bicyclic) bond motifs is 1. The molecule has 0 bridgehead atoms.